The normalized spacial score (nSPS) is 24.4. The van der Waals surface area contributed by atoms with Crippen LogP contribution in [0.15, 0.2) is 18.3 Å². The summed E-state index contributed by atoms with van der Waals surface area (Å²) in [6.45, 7) is 4.63. The molecule has 4 heteroatoms. The summed E-state index contributed by atoms with van der Waals surface area (Å²) in [7, 11) is 0. The summed E-state index contributed by atoms with van der Waals surface area (Å²) in [5.41, 5.74) is 1.70. The first-order valence-electron chi connectivity index (χ1n) is 6.02. The summed E-state index contributed by atoms with van der Waals surface area (Å²) in [5, 5.41) is 2.92. The van der Waals surface area contributed by atoms with Crippen LogP contribution in [-0.2, 0) is 9.53 Å². The fourth-order valence-electron chi connectivity index (χ4n) is 2.13. The maximum absolute atomic E-state index is 12.1. The lowest BCUT2D eigenvalue weighted by molar-refractivity contribution is -0.127. The van der Waals surface area contributed by atoms with Crippen molar-refractivity contribution in [1.82, 2.24) is 4.98 Å². The number of nitrogens with one attached hydrogen (secondary N) is 1. The molecule has 2 heterocycles. The Labute approximate surface area is 101 Å². The van der Waals surface area contributed by atoms with Crippen molar-refractivity contribution in [1.29, 1.82) is 0 Å². The first kappa shape index (κ1) is 12.0. The summed E-state index contributed by atoms with van der Waals surface area (Å²) in [4.78, 5) is 16.2. The number of pyridine rings is 1. The molecule has 0 aromatic carbocycles. The minimum Gasteiger partial charge on any atom is -0.378 e. The molecule has 1 fully saturated rings. The van der Waals surface area contributed by atoms with Crippen LogP contribution >= 0.6 is 0 Å². The van der Waals surface area contributed by atoms with Gasteiger partial charge < -0.3 is 10.1 Å². The third kappa shape index (κ3) is 3.03. The zero-order chi connectivity index (χ0) is 12.3. The van der Waals surface area contributed by atoms with Gasteiger partial charge in [-0.25, -0.2) is 0 Å². The van der Waals surface area contributed by atoms with Crippen molar-refractivity contribution in [3.05, 3.63) is 24.0 Å². The lowest BCUT2D eigenvalue weighted by Crippen LogP contribution is -2.36. The molecule has 17 heavy (non-hydrogen) atoms. The number of ether oxygens (including phenoxy) is 1. The predicted molar refractivity (Wildman–Crippen MR) is 65.7 cm³/mol. The molecule has 0 bridgehead atoms. The molecule has 1 aromatic rings. The van der Waals surface area contributed by atoms with Gasteiger partial charge in [-0.2, -0.15) is 0 Å². The molecule has 0 spiro atoms. The average molecular weight is 234 g/mol. The quantitative estimate of drug-likeness (QED) is 0.853. The van der Waals surface area contributed by atoms with Gasteiger partial charge in [-0.3, -0.25) is 9.78 Å². The molecule has 4 nitrogen and oxygen atoms in total. The van der Waals surface area contributed by atoms with E-state index in [4.69, 9.17) is 4.74 Å². The Morgan fingerprint density at radius 1 is 1.59 bits per heavy atom. The lowest BCUT2D eigenvalue weighted by atomic mass is 9.94. The Bertz CT molecular complexity index is 406. The Kier molecular flexibility index (Phi) is 3.74. The van der Waals surface area contributed by atoms with Crippen molar-refractivity contribution in [2.24, 2.45) is 5.92 Å². The van der Waals surface area contributed by atoms with E-state index in [-0.39, 0.29) is 17.9 Å². The van der Waals surface area contributed by atoms with Crippen molar-refractivity contribution < 1.29 is 9.53 Å². The van der Waals surface area contributed by atoms with Gasteiger partial charge in [0, 0.05) is 24.2 Å². The van der Waals surface area contributed by atoms with Gasteiger partial charge >= 0.3 is 0 Å². The molecular formula is C13H18N2O2. The van der Waals surface area contributed by atoms with E-state index >= 15 is 0 Å². The van der Waals surface area contributed by atoms with Crippen LogP contribution in [0.2, 0.25) is 0 Å². The summed E-state index contributed by atoms with van der Waals surface area (Å²) in [6, 6.07) is 3.67. The molecular weight excluding hydrogens is 216 g/mol. The number of amides is 1. The van der Waals surface area contributed by atoms with Crippen LogP contribution in [0.3, 0.4) is 0 Å². The molecule has 1 saturated heterocycles. The lowest BCUT2D eigenvalue weighted by Gasteiger charge is -2.28. The van der Waals surface area contributed by atoms with E-state index < -0.39 is 0 Å². The first-order chi connectivity index (χ1) is 8.16. The molecule has 2 rings (SSSR count). The first-order valence-corrected chi connectivity index (χ1v) is 6.02. The van der Waals surface area contributed by atoms with Crippen LogP contribution in [0.5, 0.6) is 0 Å². The highest BCUT2D eigenvalue weighted by Gasteiger charge is 2.28. The molecule has 1 aromatic heterocycles. The van der Waals surface area contributed by atoms with E-state index in [1.165, 1.54) is 0 Å². The summed E-state index contributed by atoms with van der Waals surface area (Å²) in [5.74, 6) is 0.0000198. The average Bonchev–Trinajstić information content (AvgIpc) is 2.29. The van der Waals surface area contributed by atoms with Gasteiger partial charge in [0.1, 0.15) is 0 Å². The molecule has 2 atom stereocenters. The second kappa shape index (κ2) is 5.27. The van der Waals surface area contributed by atoms with E-state index in [2.05, 4.69) is 10.3 Å². The van der Waals surface area contributed by atoms with Crippen LogP contribution in [-0.4, -0.2) is 23.6 Å². The maximum atomic E-state index is 12.1. The number of carbonyl (C=O) groups excluding carboxylic acids is 1. The van der Waals surface area contributed by atoms with E-state index in [0.717, 1.165) is 30.8 Å². The van der Waals surface area contributed by atoms with Gasteiger partial charge in [-0.1, -0.05) is 0 Å². The SMILES string of the molecule is Cc1cc(NC(=O)C2CCCOC2C)ccn1. The number of aryl methyl sites for hydroxylation is 1. The van der Waals surface area contributed by atoms with Crippen LogP contribution < -0.4 is 5.32 Å². The number of nitrogens with zero attached hydrogens (tertiary/aromatic N) is 1. The van der Waals surface area contributed by atoms with Gasteiger partial charge in [-0.15, -0.1) is 0 Å². The van der Waals surface area contributed by atoms with Gasteiger partial charge in [0.2, 0.25) is 5.91 Å². The number of anilines is 1. The van der Waals surface area contributed by atoms with Gasteiger partial charge in [0.25, 0.3) is 0 Å². The van der Waals surface area contributed by atoms with Gasteiger partial charge in [0.15, 0.2) is 0 Å². The highest BCUT2D eigenvalue weighted by atomic mass is 16.5. The molecule has 0 aliphatic carbocycles. The second-order valence-electron chi connectivity index (χ2n) is 4.50. The monoisotopic (exact) mass is 234 g/mol. The van der Waals surface area contributed by atoms with Crippen molar-refractivity contribution in [2.75, 3.05) is 11.9 Å². The standard InChI is InChI=1S/C13H18N2O2/c1-9-8-11(5-6-14-9)15-13(16)12-4-3-7-17-10(12)2/h5-6,8,10,12H,3-4,7H2,1-2H3,(H,14,15,16). The highest BCUT2D eigenvalue weighted by molar-refractivity contribution is 5.92. The second-order valence-corrected chi connectivity index (χ2v) is 4.50. The van der Waals surface area contributed by atoms with Crippen LogP contribution in [0, 0.1) is 12.8 Å². The third-order valence-corrected chi connectivity index (χ3v) is 3.11. The zero-order valence-corrected chi connectivity index (χ0v) is 10.3. The summed E-state index contributed by atoms with van der Waals surface area (Å²) < 4.78 is 5.50. The Balaban J connectivity index is 2.01. The van der Waals surface area contributed by atoms with Crippen molar-refractivity contribution in [3.63, 3.8) is 0 Å². The van der Waals surface area contributed by atoms with Crippen molar-refractivity contribution in [2.45, 2.75) is 32.8 Å². The van der Waals surface area contributed by atoms with Crippen LogP contribution in [0.4, 0.5) is 5.69 Å². The van der Waals surface area contributed by atoms with Crippen LogP contribution in [0.1, 0.15) is 25.5 Å². The minimum atomic E-state index is -0.0442. The van der Waals surface area contributed by atoms with Gasteiger partial charge in [0.05, 0.1) is 12.0 Å². The molecule has 92 valence electrons. The number of hydrogen-bond donors (Lipinski definition) is 1. The smallest absolute Gasteiger partial charge is 0.230 e. The zero-order valence-electron chi connectivity index (χ0n) is 10.3. The van der Waals surface area contributed by atoms with E-state index in [9.17, 15) is 4.79 Å². The highest BCUT2D eigenvalue weighted by Crippen LogP contribution is 2.22. The topological polar surface area (TPSA) is 51.2 Å². The van der Waals surface area contributed by atoms with E-state index in [1.807, 2.05) is 19.9 Å². The van der Waals surface area contributed by atoms with E-state index in [0.29, 0.717) is 0 Å². The number of hydrogen-bond acceptors (Lipinski definition) is 3. The Hall–Kier alpha value is -1.42. The number of rotatable bonds is 2. The summed E-state index contributed by atoms with van der Waals surface area (Å²) in [6.07, 6.45) is 3.56. The maximum Gasteiger partial charge on any atom is 0.230 e. The molecule has 1 amide bonds. The molecule has 1 aliphatic rings. The molecule has 0 saturated carbocycles. The molecule has 0 radical (unpaired) electrons. The Morgan fingerprint density at radius 2 is 2.41 bits per heavy atom. The summed E-state index contributed by atoms with van der Waals surface area (Å²) >= 11 is 0. The largest absolute Gasteiger partial charge is 0.378 e. The van der Waals surface area contributed by atoms with Crippen LogP contribution in [0.25, 0.3) is 0 Å². The number of aromatic nitrogens is 1. The Morgan fingerprint density at radius 3 is 3.12 bits per heavy atom. The predicted octanol–water partition coefficient (Wildman–Crippen LogP) is 2.14. The van der Waals surface area contributed by atoms with E-state index in [1.54, 1.807) is 12.3 Å². The third-order valence-electron chi connectivity index (χ3n) is 3.11. The molecule has 2 unspecified atom stereocenters. The molecule has 1 aliphatic heterocycles. The fourth-order valence-corrected chi connectivity index (χ4v) is 2.13. The fraction of sp³-hybridized carbons (Fsp3) is 0.538. The van der Waals surface area contributed by atoms with Crippen molar-refractivity contribution >= 4 is 11.6 Å². The molecule has 1 N–H and O–H groups in total. The van der Waals surface area contributed by atoms with Gasteiger partial charge in [-0.05, 0) is 38.8 Å². The minimum absolute atomic E-state index is 0.00619. The van der Waals surface area contributed by atoms with Crippen molar-refractivity contribution in [3.8, 4) is 0 Å². The number of carbonyl (C=O) groups is 1.